The van der Waals surface area contributed by atoms with E-state index in [4.69, 9.17) is 4.74 Å². The minimum Gasteiger partial charge on any atom is -0.491 e. The van der Waals surface area contributed by atoms with Crippen LogP contribution < -0.4 is 4.74 Å². The molecule has 2 amide bonds. The average Bonchev–Trinajstić information content (AvgIpc) is 3.51. The monoisotopic (exact) mass is 420 g/mol. The molecule has 2 atom stereocenters. The van der Waals surface area contributed by atoms with E-state index in [-0.39, 0.29) is 23.8 Å². The predicted octanol–water partition coefficient (Wildman–Crippen LogP) is 4.49. The topological polar surface area (TPSA) is 49.9 Å². The Balaban J connectivity index is 1.35. The highest BCUT2D eigenvalue weighted by atomic mass is 16.5. The summed E-state index contributed by atoms with van der Waals surface area (Å²) in [5.41, 5.74) is 1.79. The molecule has 2 fully saturated rings. The van der Waals surface area contributed by atoms with Crippen LogP contribution in [0.3, 0.4) is 0 Å². The molecule has 2 heterocycles. The second-order valence-corrected chi connectivity index (χ2v) is 8.53. The van der Waals surface area contributed by atoms with E-state index in [9.17, 15) is 9.59 Å². The van der Waals surface area contributed by atoms with Crippen molar-refractivity contribution in [3.8, 4) is 5.75 Å². The van der Waals surface area contributed by atoms with E-state index in [1.165, 1.54) is 0 Å². The molecule has 2 aromatic rings. The zero-order chi connectivity index (χ0) is 21.6. The number of carbonyl (C=O) groups is 2. The summed E-state index contributed by atoms with van der Waals surface area (Å²) in [6, 6.07) is 17.6. The summed E-state index contributed by atoms with van der Waals surface area (Å²) in [6.45, 7) is 5.05. The Morgan fingerprint density at radius 1 is 0.968 bits per heavy atom. The van der Waals surface area contributed by atoms with Gasteiger partial charge in [0, 0.05) is 25.2 Å². The summed E-state index contributed by atoms with van der Waals surface area (Å²) < 4.78 is 6.03. The van der Waals surface area contributed by atoms with Crippen molar-refractivity contribution in [2.75, 3.05) is 26.2 Å². The van der Waals surface area contributed by atoms with E-state index in [2.05, 4.69) is 6.92 Å². The first-order chi connectivity index (χ1) is 15.2. The van der Waals surface area contributed by atoms with Crippen LogP contribution in [0.5, 0.6) is 5.75 Å². The molecule has 2 aliphatic heterocycles. The lowest BCUT2D eigenvalue weighted by Crippen LogP contribution is -2.41. The number of carbonyl (C=O) groups excluding carboxylic acids is 2. The molecule has 2 aromatic carbocycles. The normalized spacial score (nSPS) is 19.5. The first-order valence-corrected chi connectivity index (χ1v) is 11.5. The molecule has 5 nitrogen and oxygen atoms in total. The number of rotatable bonds is 7. The fourth-order valence-corrected chi connectivity index (χ4v) is 4.73. The highest BCUT2D eigenvalue weighted by molar-refractivity contribution is 5.94. The number of ether oxygens (including phenoxy) is 1. The van der Waals surface area contributed by atoms with Crippen molar-refractivity contribution in [1.82, 2.24) is 9.80 Å². The zero-order valence-corrected chi connectivity index (χ0v) is 18.3. The lowest BCUT2D eigenvalue weighted by molar-refractivity contribution is -0.134. The number of hydrogen-bond acceptors (Lipinski definition) is 3. The van der Waals surface area contributed by atoms with Crippen LogP contribution in [0.25, 0.3) is 0 Å². The number of nitrogens with zero attached hydrogens (tertiary/aromatic N) is 2. The molecule has 5 heteroatoms. The summed E-state index contributed by atoms with van der Waals surface area (Å²) >= 11 is 0. The second-order valence-electron chi connectivity index (χ2n) is 8.53. The Labute approximate surface area is 185 Å². The first kappa shape index (κ1) is 21.4. The van der Waals surface area contributed by atoms with Gasteiger partial charge >= 0.3 is 0 Å². The number of likely N-dealkylation sites (tertiary alicyclic amines) is 2. The molecule has 4 rings (SSSR count). The second kappa shape index (κ2) is 9.99. The van der Waals surface area contributed by atoms with Crippen molar-refractivity contribution in [3.05, 3.63) is 65.7 Å². The van der Waals surface area contributed by atoms with Crippen molar-refractivity contribution in [1.29, 1.82) is 0 Å². The Kier molecular flexibility index (Phi) is 6.90. The van der Waals surface area contributed by atoms with Gasteiger partial charge in [-0.2, -0.15) is 0 Å². The molecule has 0 N–H and O–H groups in total. The third-order valence-corrected chi connectivity index (χ3v) is 6.51. The third-order valence-electron chi connectivity index (χ3n) is 6.51. The van der Waals surface area contributed by atoms with Gasteiger partial charge in [0.15, 0.2) is 0 Å². The Morgan fingerprint density at radius 3 is 2.35 bits per heavy atom. The van der Waals surface area contributed by atoms with Crippen LogP contribution in [0.1, 0.15) is 60.9 Å². The van der Waals surface area contributed by atoms with Gasteiger partial charge in [-0.05, 0) is 61.9 Å². The SMILES string of the molecule is CC[C@@H](C(=O)N1CCC[C@H]1COc1ccc(C(=O)N2CCCC2)cc1)c1ccccc1. The average molecular weight is 421 g/mol. The molecule has 0 aliphatic carbocycles. The van der Waals surface area contributed by atoms with E-state index in [0.29, 0.717) is 12.2 Å². The maximum absolute atomic E-state index is 13.3. The lowest BCUT2D eigenvalue weighted by atomic mass is 9.95. The molecule has 0 unspecified atom stereocenters. The largest absolute Gasteiger partial charge is 0.491 e. The van der Waals surface area contributed by atoms with Gasteiger partial charge in [-0.3, -0.25) is 9.59 Å². The molecule has 0 bridgehead atoms. The molecule has 0 saturated carbocycles. The van der Waals surface area contributed by atoms with Crippen LogP contribution in [0.15, 0.2) is 54.6 Å². The van der Waals surface area contributed by atoms with Gasteiger partial charge in [0.2, 0.25) is 5.91 Å². The maximum atomic E-state index is 13.3. The highest BCUT2D eigenvalue weighted by Crippen LogP contribution is 2.28. The van der Waals surface area contributed by atoms with Crippen LogP contribution in [-0.2, 0) is 4.79 Å². The summed E-state index contributed by atoms with van der Waals surface area (Å²) in [4.78, 5) is 29.7. The quantitative estimate of drug-likeness (QED) is 0.663. The summed E-state index contributed by atoms with van der Waals surface area (Å²) in [6.07, 6.45) is 4.94. The first-order valence-electron chi connectivity index (χ1n) is 11.5. The molecule has 31 heavy (non-hydrogen) atoms. The van der Waals surface area contributed by atoms with Gasteiger partial charge in [-0.25, -0.2) is 0 Å². The van der Waals surface area contributed by atoms with E-state index in [1.54, 1.807) is 0 Å². The predicted molar refractivity (Wildman–Crippen MR) is 121 cm³/mol. The minimum atomic E-state index is -0.0994. The standard InChI is InChI=1S/C26H32N2O3/c1-2-24(20-9-4-3-5-10-20)26(30)28-18-8-11-22(28)19-31-23-14-12-21(13-15-23)25(29)27-16-6-7-17-27/h3-5,9-10,12-15,22,24H,2,6-8,11,16-19H2,1H3/t22-,24+/m0/s1. The van der Waals surface area contributed by atoms with E-state index in [1.807, 2.05) is 64.4 Å². The number of amides is 2. The molecule has 0 spiro atoms. The van der Waals surface area contributed by atoms with Gasteiger partial charge in [-0.15, -0.1) is 0 Å². The number of hydrogen-bond donors (Lipinski definition) is 0. The lowest BCUT2D eigenvalue weighted by Gasteiger charge is -2.29. The Bertz CT molecular complexity index is 875. The Morgan fingerprint density at radius 2 is 1.68 bits per heavy atom. The van der Waals surface area contributed by atoms with Crippen LogP contribution in [0.4, 0.5) is 0 Å². The number of benzene rings is 2. The highest BCUT2D eigenvalue weighted by Gasteiger charge is 2.33. The van der Waals surface area contributed by atoms with Crippen molar-refractivity contribution in [3.63, 3.8) is 0 Å². The minimum absolute atomic E-state index is 0.0937. The van der Waals surface area contributed by atoms with Crippen molar-refractivity contribution in [2.45, 2.75) is 51.0 Å². The van der Waals surface area contributed by atoms with Crippen LogP contribution >= 0.6 is 0 Å². The summed E-state index contributed by atoms with van der Waals surface area (Å²) in [5.74, 6) is 0.944. The van der Waals surface area contributed by atoms with E-state index in [0.717, 1.165) is 63.1 Å². The van der Waals surface area contributed by atoms with Crippen molar-refractivity contribution < 1.29 is 14.3 Å². The van der Waals surface area contributed by atoms with Gasteiger partial charge in [-0.1, -0.05) is 37.3 Å². The van der Waals surface area contributed by atoms with Crippen molar-refractivity contribution in [2.24, 2.45) is 0 Å². The third kappa shape index (κ3) is 4.92. The van der Waals surface area contributed by atoms with Crippen molar-refractivity contribution >= 4 is 11.8 Å². The van der Waals surface area contributed by atoms with Crippen LogP contribution in [0.2, 0.25) is 0 Å². The van der Waals surface area contributed by atoms with Crippen LogP contribution in [0, 0.1) is 0 Å². The summed E-state index contributed by atoms with van der Waals surface area (Å²) in [5, 5.41) is 0. The molecule has 2 aliphatic rings. The zero-order valence-electron chi connectivity index (χ0n) is 18.3. The molecular weight excluding hydrogens is 388 g/mol. The Hall–Kier alpha value is -2.82. The van der Waals surface area contributed by atoms with Crippen LogP contribution in [-0.4, -0.2) is 53.9 Å². The van der Waals surface area contributed by atoms with Gasteiger partial charge in [0.05, 0.1) is 12.0 Å². The van der Waals surface area contributed by atoms with Gasteiger partial charge < -0.3 is 14.5 Å². The van der Waals surface area contributed by atoms with E-state index < -0.39 is 0 Å². The summed E-state index contributed by atoms with van der Waals surface area (Å²) in [7, 11) is 0. The molecule has 0 aromatic heterocycles. The molecule has 2 saturated heterocycles. The molecule has 0 radical (unpaired) electrons. The molecular formula is C26H32N2O3. The van der Waals surface area contributed by atoms with Gasteiger partial charge in [0.1, 0.15) is 12.4 Å². The van der Waals surface area contributed by atoms with E-state index >= 15 is 0 Å². The molecule has 164 valence electrons. The van der Waals surface area contributed by atoms with Gasteiger partial charge in [0.25, 0.3) is 5.91 Å². The fraction of sp³-hybridized carbons (Fsp3) is 0.462. The fourth-order valence-electron chi connectivity index (χ4n) is 4.73. The smallest absolute Gasteiger partial charge is 0.253 e. The maximum Gasteiger partial charge on any atom is 0.253 e.